The fourth-order valence-electron chi connectivity index (χ4n) is 14.4. The molecule has 374 valence electrons. The lowest BCUT2D eigenvalue weighted by atomic mass is 9.80. The van der Waals surface area contributed by atoms with Gasteiger partial charge in [-0.25, -0.2) is 0 Å². The molecule has 0 aromatic heterocycles. The van der Waals surface area contributed by atoms with Crippen molar-refractivity contribution in [3.05, 3.63) is 269 Å². The minimum atomic E-state index is -0.274. The monoisotopic (exact) mass is 999 g/mol. The topological polar surface area (TPSA) is 3.24 Å². The number of hydrogen-bond acceptors (Lipinski definition) is 1. The van der Waals surface area contributed by atoms with Gasteiger partial charge in [0.05, 0.1) is 0 Å². The Bertz CT molecular complexity index is 4430. The highest BCUT2D eigenvalue weighted by atomic mass is 15.1. The Balaban J connectivity index is 0.860. The summed E-state index contributed by atoms with van der Waals surface area (Å²) in [6.45, 7) is 18.9. The van der Waals surface area contributed by atoms with Crippen molar-refractivity contribution >= 4 is 49.4 Å². The van der Waals surface area contributed by atoms with E-state index in [1.54, 1.807) is 0 Å². The number of benzene rings is 12. The molecule has 0 fully saturated rings. The summed E-state index contributed by atoms with van der Waals surface area (Å²) in [6, 6.07) is 85.7. The molecule has 0 saturated heterocycles. The second-order valence-corrected chi connectivity index (χ2v) is 24.2. The number of aryl methyl sites for hydroxylation is 2. The molecule has 78 heavy (non-hydrogen) atoms. The highest BCUT2D eigenvalue weighted by Crippen LogP contribution is 2.56. The van der Waals surface area contributed by atoms with Crippen molar-refractivity contribution < 1.29 is 0 Å². The van der Waals surface area contributed by atoms with Gasteiger partial charge < -0.3 is 4.90 Å². The van der Waals surface area contributed by atoms with E-state index in [2.05, 4.69) is 285 Å². The van der Waals surface area contributed by atoms with Gasteiger partial charge >= 0.3 is 0 Å². The molecular formula is C77H61N. The molecule has 0 radical (unpaired) electrons. The molecule has 0 saturated carbocycles. The molecule has 0 unspecified atom stereocenters. The Hall–Kier alpha value is -8.78. The Labute approximate surface area is 459 Å². The third-order valence-electron chi connectivity index (χ3n) is 18.5. The van der Waals surface area contributed by atoms with Crippen LogP contribution in [0.15, 0.2) is 224 Å². The maximum Gasteiger partial charge on any atom is 0.0465 e. The van der Waals surface area contributed by atoms with Gasteiger partial charge in [0.2, 0.25) is 0 Å². The van der Waals surface area contributed by atoms with Gasteiger partial charge in [0, 0.05) is 33.3 Å². The molecule has 0 N–H and O–H groups in total. The maximum atomic E-state index is 2.54. The fourth-order valence-corrected chi connectivity index (χ4v) is 14.4. The molecule has 1 heteroatoms. The van der Waals surface area contributed by atoms with Crippen molar-refractivity contribution in [2.75, 3.05) is 4.90 Å². The summed E-state index contributed by atoms with van der Waals surface area (Å²) in [6.07, 6.45) is 0. The minimum Gasteiger partial charge on any atom is -0.310 e. The van der Waals surface area contributed by atoms with Crippen LogP contribution in [0.1, 0.15) is 86.1 Å². The van der Waals surface area contributed by atoms with Crippen LogP contribution in [-0.4, -0.2) is 0 Å². The van der Waals surface area contributed by atoms with Crippen LogP contribution in [0.3, 0.4) is 0 Å². The first-order chi connectivity index (χ1) is 37.7. The first-order valence-corrected chi connectivity index (χ1v) is 27.9. The van der Waals surface area contributed by atoms with Gasteiger partial charge in [-0.3, -0.25) is 0 Å². The molecule has 12 aromatic rings. The summed E-state index contributed by atoms with van der Waals surface area (Å²) in [5.74, 6) is 0. The van der Waals surface area contributed by atoms with Crippen molar-refractivity contribution in [3.8, 4) is 66.8 Å². The average Bonchev–Trinajstić information content (AvgIpc) is 4.04. The summed E-state index contributed by atoms with van der Waals surface area (Å²) >= 11 is 0. The SMILES string of the molecule is Cc1ccc2c(c1)C(C)(C)c1cc(N(c3ccc4c(c3)C(C)(C)c3cc(C)ccc3-4)c3ccc4c(c3)C(C)(C)c3cc(-c5cc6c7ccccc7c(-c7cccc(-c8ccccc8)c7)cc6c6ccccc56)ccc3-4)ccc1-2. The minimum absolute atomic E-state index is 0.140. The van der Waals surface area contributed by atoms with Gasteiger partial charge in [-0.15, -0.1) is 0 Å². The molecule has 0 spiro atoms. The van der Waals surface area contributed by atoms with E-state index in [0.29, 0.717) is 0 Å². The highest BCUT2D eigenvalue weighted by Gasteiger charge is 2.40. The quantitative estimate of drug-likeness (QED) is 0.150. The lowest BCUT2D eigenvalue weighted by Crippen LogP contribution is -2.19. The van der Waals surface area contributed by atoms with Crippen LogP contribution in [0.2, 0.25) is 0 Å². The molecule has 1 nitrogen and oxygen atoms in total. The zero-order valence-corrected chi connectivity index (χ0v) is 45.8. The van der Waals surface area contributed by atoms with E-state index >= 15 is 0 Å². The predicted molar refractivity (Wildman–Crippen MR) is 332 cm³/mol. The lowest BCUT2D eigenvalue weighted by Gasteiger charge is -2.31. The molecular weight excluding hydrogens is 939 g/mol. The molecule has 0 amide bonds. The standard InChI is InChI=1S/C77H61N/c1-46-25-31-59-62-34-28-52(41-72(62)75(3,4)69(59)37-46)78(53-29-35-63-60-32-26-47(2)38-70(60)76(5,6)73(63)42-53)54-30-36-64-61-33-27-51(40-71(61)77(7,8)74(64)43-54)66-45-68-57-23-14-12-21-55(57)65(44-67(68)58-24-15-13-22-56(58)66)50-20-16-19-49(39-50)48-17-10-9-11-18-48/h9-45H,1-8H3. The van der Waals surface area contributed by atoms with Crippen molar-refractivity contribution in [3.63, 3.8) is 0 Å². The number of rotatable bonds is 6. The van der Waals surface area contributed by atoms with E-state index in [0.717, 1.165) is 0 Å². The number of hydrogen-bond donors (Lipinski definition) is 0. The number of anilines is 3. The van der Waals surface area contributed by atoms with Gasteiger partial charge in [0.15, 0.2) is 0 Å². The van der Waals surface area contributed by atoms with Gasteiger partial charge in [-0.05, 0) is 207 Å². The molecule has 0 aliphatic heterocycles. The van der Waals surface area contributed by atoms with E-state index in [4.69, 9.17) is 0 Å². The maximum absolute atomic E-state index is 2.54. The zero-order chi connectivity index (χ0) is 53.0. The van der Waals surface area contributed by atoms with Crippen molar-refractivity contribution in [2.45, 2.75) is 71.6 Å². The summed E-state index contributed by atoms with van der Waals surface area (Å²) in [4.78, 5) is 2.54. The van der Waals surface area contributed by atoms with E-state index in [1.165, 1.54) is 161 Å². The van der Waals surface area contributed by atoms with Crippen LogP contribution in [-0.2, 0) is 16.2 Å². The molecule has 0 bridgehead atoms. The highest BCUT2D eigenvalue weighted by molar-refractivity contribution is 6.24. The Morgan fingerprint density at radius 1 is 0.231 bits per heavy atom. The summed E-state index contributed by atoms with van der Waals surface area (Å²) < 4.78 is 0. The number of fused-ring (bicyclic) bond motifs is 14. The van der Waals surface area contributed by atoms with Gasteiger partial charge in [-0.2, -0.15) is 0 Å². The van der Waals surface area contributed by atoms with Crippen LogP contribution in [0, 0.1) is 13.8 Å². The van der Waals surface area contributed by atoms with Crippen molar-refractivity contribution in [1.29, 1.82) is 0 Å². The molecule has 0 atom stereocenters. The summed E-state index contributed by atoms with van der Waals surface area (Å²) in [7, 11) is 0. The van der Waals surface area contributed by atoms with Crippen molar-refractivity contribution in [1.82, 2.24) is 0 Å². The second kappa shape index (κ2) is 16.6. The normalized spacial score (nSPS) is 14.7. The second-order valence-electron chi connectivity index (χ2n) is 24.2. The molecule has 15 rings (SSSR count). The largest absolute Gasteiger partial charge is 0.310 e. The first-order valence-electron chi connectivity index (χ1n) is 27.9. The van der Waals surface area contributed by atoms with E-state index in [1.807, 2.05) is 0 Å². The van der Waals surface area contributed by atoms with Crippen LogP contribution < -0.4 is 4.90 Å². The Morgan fingerprint density at radius 3 is 1.04 bits per heavy atom. The third-order valence-corrected chi connectivity index (χ3v) is 18.5. The number of nitrogens with zero attached hydrogens (tertiary/aromatic N) is 1. The smallest absolute Gasteiger partial charge is 0.0465 e. The average molecular weight is 1000 g/mol. The zero-order valence-electron chi connectivity index (χ0n) is 45.8. The summed E-state index contributed by atoms with van der Waals surface area (Å²) in [5, 5.41) is 7.62. The fraction of sp³-hybridized carbons (Fsp3) is 0.143. The van der Waals surface area contributed by atoms with Gasteiger partial charge in [-0.1, -0.05) is 216 Å². The van der Waals surface area contributed by atoms with E-state index in [-0.39, 0.29) is 16.2 Å². The molecule has 0 heterocycles. The van der Waals surface area contributed by atoms with Crippen LogP contribution in [0.25, 0.3) is 99.1 Å². The van der Waals surface area contributed by atoms with Crippen molar-refractivity contribution in [2.24, 2.45) is 0 Å². The Morgan fingerprint density at radius 2 is 0.577 bits per heavy atom. The van der Waals surface area contributed by atoms with Gasteiger partial charge in [0.1, 0.15) is 0 Å². The molecule has 12 aromatic carbocycles. The van der Waals surface area contributed by atoms with Crippen LogP contribution in [0.4, 0.5) is 17.1 Å². The van der Waals surface area contributed by atoms with Gasteiger partial charge in [0.25, 0.3) is 0 Å². The summed E-state index contributed by atoms with van der Waals surface area (Å²) in [5.41, 5.74) is 29.3. The predicted octanol–water partition coefficient (Wildman–Crippen LogP) is 21.2. The third kappa shape index (κ3) is 6.73. The van der Waals surface area contributed by atoms with E-state index < -0.39 is 0 Å². The molecule has 3 aliphatic carbocycles. The first kappa shape index (κ1) is 46.5. The molecule has 3 aliphatic rings. The van der Waals surface area contributed by atoms with Crippen LogP contribution in [0.5, 0.6) is 0 Å². The van der Waals surface area contributed by atoms with Crippen LogP contribution >= 0.6 is 0 Å². The van der Waals surface area contributed by atoms with E-state index in [9.17, 15) is 0 Å². The Kier molecular flexibility index (Phi) is 9.91. The lowest BCUT2D eigenvalue weighted by molar-refractivity contribution is 0.659.